The second-order valence-corrected chi connectivity index (χ2v) is 4.34. The topological polar surface area (TPSA) is 177 Å². The molecule has 24 heavy (non-hydrogen) atoms. The number of nitrogens with zero attached hydrogens (tertiary/aromatic N) is 4. The Hall–Kier alpha value is -2.99. The van der Waals surface area contributed by atoms with Gasteiger partial charge in [-0.25, -0.2) is 19.4 Å². The molecule has 0 radical (unpaired) electrons. The molecule has 2 rings (SSSR count). The Bertz CT molecular complexity index is 818. The highest BCUT2D eigenvalue weighted by molar-refractivity contribution is 5.69. The summed E-state index contributed by atoms with van der Waals surface area (Å²) in [5, 5.41) is 30.0. The fraction of sp³-hybridized carbons (Fsp3) is 0.417. The quantitative estimate of drug-likeness (QED) is 0.444. The zero-order chi connectivity index (χ0) is 19.0. The van der Waals surface area contributed by atoms with Gasteiger partial charge in [0, 0.05) is 21.1 Å². The molecule has 0 aromatic carbocycles. The molecule has 0 unspecified atom stereocenters. The van der Waals surface area contributed by atoms with E-state index in [1.165, 1.54) is 17.9 Å². The summed E-state index contributed by atoms with van der Waals surface area (Å²) in [4.78, 5) is 45.4. The predicted octanol–water partition coefficient (Wildman–Crippen LogP) is -2.90. The van der Waals surface area contributed by atoms with Gasteiger partial charge in [-0.2, -0.15) is 0 Å². The number of aromatic nitrogens is 4. The summed E-state index contributed by atoms with van der Waals surface area (Å²) in [7, 11) is 4.77. The Morgan fingerprint density at radius 1 is 1.00 bits per heavy atom. The van der Waals surface area contributed by atoms with Crippen molar-refractivity contribution in [3.63, 3.8) is 0 Å². The fourth-order valence-corrected chi connectivity index (χ4v) is 1.47. The molecule has 2 heterocycles. The molecule has 0 saturated carbocycles. The molecule has 0 aliphatic heterocycles. The van der Waals surface area contributed by atoms with Crippen LogP contribution >= 0.6 is 0 Å². The predicted molar refractivity (Wildman–Crippen MR) is 80.6 cm³/mol. The van der Waals surface area contributed by atoms with E-state index in [4.69, 9.17) is 30.0 Å². The molecule has 12 heteroatoms. The second kappa shape index (κ2) is 9.22. The van der Waals surface area contributed by atoms with Crippen LogP contribution in [-0.2, 0) is 30.7 Å². The van der Waals surface area contributed by atoms with Gasteiger partial charge in [0.2, 0.25) is 0 Å². The van der Waals surface area contributed by atoms with Crippen molar-refractivity contribution in [3.8, 4) is 0 Å². The highest BCUT2D eigenvalue weighted by Crippen LogP contribution is 2.01. The Labute approximate surface area is 134 Å². The van der Waals surface area contributed by atoms with E-state index in [1.807, 2.05) is 0 Å². The van der Waals surface area contributed by atoms with Gasteiger partial charge < -0.3 is 25.0 Å². The lowest BCUT2D eigenvalue weighted by Gasteiger charge is -2.02. The van der Waals surface area contributed by atoms with Gasteiger partial charge >= 0.3 is 17.6 Å². The standard InChI is InChI=1S/C8H10N4O2.2C2H4O3/c1-10-4-9-6-5(10)7(13)12(3)8(14)11(6)2;2*3-1-2(4)5/h4H,1-3H3;2*3H,1H2,(H,4,5). The van der Waals surface area contributed by atoms with E-state index in [-0.39, 0.29) is 11.2 Å². The second-order valence-electron chi connectivity index (χ2n) is 4.34. The lowest BCUT2D eigenvalue weighted by Crippen LogP contribution is -2.37. The molecule has 12 nitrogen and oxygen atoms in total. The summed E-state index contributed by atoms with van der Waals surface area (Å²) in [6, 6.07) is 0. The zero-order valence-corrected chi connectivity index (χ0v) is 13.2. The molecule has 0 aliphatic carbocycles. The minimum atomic E-state index is -1.19. The highest BCUT2D eigenvalue weighted by atomic mass is 16.4. The number of carbonyl (C=O) groups is 2. The first-order chi connectivity index (χ1) is 11.1. The maximum atomic E-state index is 11.7. The third kappa shape index (κ3) is 5.33. The number of aliphatic hydroxyl groups excluding tert-OH is 2. The number of aliphatic carboxylic acids is 2. The third-order valence-electron chi connectivity index (χ3n) is 2.59. The number of imidazole rings is 1. The monoisotopic (exact) mass is 346 g/mol. The van der Waals surface area contributed by atoms with Crippen LogP contribution in [0.25, 0.3) is 11.2 Å². The summed E-state index contributed by atoms with van der Waals surface area (Å²) in [6.07, 6.45) is 1.52. The molecule has 2 aromatic heterocycles. The number of hydrogen-bond donors (Lipinski definition) is 4. The number of rotatable bonds is 2. The van der Waals surface area contributed by atoms with Gasteiger partial charge in [-0.3, -0.25) is 13.9 Å². The molecular weight excluding hydrogens is 328 g/mol. The zero-order valence-electron chi connectivity index (χ0n) is 13.2. The van der Waals surface area contributed by atoms with Crippen molar-refractivity contribution in [2.45, 2.75) is 0 Å². The van der Waals surface area contributed by atoms with E-state index in [0.29, 0.717) is 11.2 Å². The van der Waals surface area contributed by atoms with Crippen LogP contribution in [0.4, 0.5) is 0 Å². The van der Waals surface area contributed by atoms with Gasteiger partial charge in [-0.15, -0.1) is 0 Å². The number of aryl methyl sites for hydroxylation is 2. The molecule has 0 aliphatic rings. The fourth-order valence-electron chi connectivity index (χ4n) is 1.47. The molecule has 0 amide bonds. The average molecular weight is 346 g/mol. The van der Waals surface area contributed by atoms with Gasteiger partial charge in [0.05, 0.1) is 6.33 Å². The summed E-state index contributed by atoms with van der Waals surface area (Å²) >= 11 is 0. The van der Waals surface area contributed by atoms with E-state index in [9.17, 15) is 9.59 Å². The van der Waals surface area contributed by atoms with E-state index in [1.54, 1.807) is 18.7 Å². The van der Waals surface area contributed by atoms with Crippen molar-refractivity contribution in [1.82, 2.24) is 18.7 Å². The van der Waals surface area contributed by atoms with Crippen molar-refractivity contribution >= 4 is 23.1 Å². The van der Waals surface area contributed by atoms with Crippen molar-refractivity contribution in [1.29, 1.82) is 0 Å². The van der Waals surface area contributed by atoms with Gasteiger partial charge in [0.1, 0.15) is 13.2 Å². The lowest BCUT2D eigenvalue weighted by molar-refractivity contribution is -0.141. The molecule has 0 atom stereocenters. The van der Waals surface area contributed by atoms with E-state index in [0.717, 1.165) is 4.57 Å². The van der Waals surface area contributed by atoms with E-state index < -0.39 is 25.2 Å². The van der Waals surface area contributed by atoms with Crippen molar-refractivity contribution < 1.29 is 30.0 Å². The van der Waals surface area contributed by atoms with Crippen LogP contribution in [0.1, 0.15) is 0 Å². The normalized spacial score (nSPS) is 9.54. The molecular formula is C12H18N4O8. The molecule has 0 bridgehead atoms. The van der Waals surface area contributed by atoms with Gasteiger partial charge in [0.15, 0.2) is 11.2 Å². The largest absolute Gasteiger partial charge is 0.480 e. The van der Waals surface area contributed by atoms with Crippen molar-refractivity contribution in [3.05, 3.63) is 27.2 Å². The SMILES string of the molecule is Cn1c(=O)c2c(ncn2C)n(C)c1=O.O=C(O)CO.O=C(O)CO. The first kappa shape index (κ1) is 21.0. The Balaban J connectivity index is 0.000000442. The number of fused-ring (bicyclic) bond motifs is 1. The van der Waals surface area contributed by atoms with Crippen LogP contribution < -0.4 is 11.2 Å². The van der Waals surface area contributed by atoms with Gasteiger partial charge in [-0.05, 0) is 0 Å². The minimum absolute atomic E-state index is 0.317. The summed E-state index contributed by atoms with van der Waals surface area (Å²) in [5.74, 6) is -2.38. The third-order valence-corrected chi connectivity index (χ3v) is 2.59. The van der Waals surface area contributed by atoms with Gasteiger partial charge in [-0.1, -0.05) is 0 Å². The van der Waals surface area contributed by atoms with E-state index in [2.05, 4.69) is 4.98 Å². The van der Waals surface area contributed by atoms with Crippen LogP contribution in [-0.4, -0.2) is 64.3 Å². The molecule has 0 fully saturated rings. The molecule has 0 spiro atoms. The number of carboxylic acids is 2. The van der Waals surface area contributed by atoms with Crippen LogP contribution in [0, 0.1) is 0 Å². The smallest absolute Gasteiger partial charge is 0.332 e. The first-order valence-electron chi connectivity index (χ1n) is 6.30. The first-order valence-corrected chi connectivity index (χ1v) is 6.30. The Morgan fingerprint density at radius 2 is 1.42 bits per heavy atom. The molecule has 2 aromatic rings. The van der Waals surface area contributed by atoms with Crippen molar-refractivity contribution in [2.75, 3.05) is 13.2 Å². The van der Waals surface area contributed by atoms with Crippen LogP contribution in [0.15, 0.2) is 15.9 Å². The molecule has 0 saturated heterocycles. The summed E-state index contributed by atoms with van der Waals surface area (Å²) in [6.45, 7) is -1.56. The average Bonchev–Trinajstić information content (AvgIpc) is 2.93. The Morgan fingerprint density at radius 3 is 1.79 bits per heavy atom. The van der Waals surface area contributed by atoms with Crippen molar-refractivity contribution in [2.24, 2.45) is 21.1 Å². The number of hydrogen-bond acceptors (Lipinski definition) is 7. The molecule has 134 valence electrons. The molecule has 4 N–H and O–H groups in total. The van der Waals surface area contributed by atoms with E-state index >= 15 is 0 Å². The maximum Gasteiger partial charge on any atom is 0.332 e. The van der Waals surface area contributed by atoms with Crippen LogP contribution in [0.3, 0.4) is 0 Å². The van der Waals surface area contributed by atoms with Crippen LogP contribution in [0.5, 0.6) is 0 Å². The highest BCUT2D eigenvalue weighted by Gasteiger charge is 2.11. The lowest BCUT2D eigenvalue weighted by atomic mass is 10.5. The number of aliphatic hydroxyl groups is 2. The summed E-state index contributed by atoms with van der Waals surface area (Å²) in [5.41, 5.74) is 0.180. The van der Waals surface area contributed by atoms with Crippen LogP contribution in [0.2, 0.25) is 0 Å². The Kier molecular flexibility index (Phi) is 8.07. The maximum absolute atomic E-state index is 11.7. The summed E-state index contributed by atoms with van der Waals surface area (Å²) < 4.78 is 4.04. The minimum Gasteiger partial charge on any atom is -0.480 e. The number of carboxylic acid groups (broad SMARTS) is 2. The van der Waals surface area contributed by atoms with Gasteiger partial charge in [0.25, 0.3) is 5.56 Å².